The maximum absolute atomic E-state index is 12.3. The highest BCUT2D eigenvalue weighted by atomic mass is 16.5. The summed E-state index contributed by atoms with van der Waals surface area (Å²) >= 11 is 0. The molecule has 2 unspecified atom stereocenters. The van der Waals surface area contributed by atoms with Gasteiger partial charge in [0, 0.05) is 19.6 Å². The standard InChI is InChI=1S/C11H21N3O3/c1-4-14(5-9(15)13-3)10(16)11(2)7-17-6-8(11)12/h8H,4-7,12H2,1-3H3,(H,13,15). The molecule has 1 heterocycles. The quantitative estimate of drug-likeness (QED) is 0.659. The topological polar surface area (TPSA) is 84.7 Å². The van der Waals surface area contributed by atoms with E-state index in [1.807, 2.05) is 6.92 Å². The first-order valence-electron chi connectivity index (χ1n) is 5.79. The Morgan fingerprint density at radius 2 is 2.24 bits per heavy atom. The smallest absolute Gasteiger partial charge is 0.239 e. The van der Waals surface area contributed by atoms with Gasteiger partial charge in [0.25, 0.3) is 0 Å². The maximum atomic E-state index is 12.3. The van der Waals surface area contributed by atoms with Crippen LogP contribution >= 0.6 is 0 Å². The molecule has 0 bridgehead atoms. The van der Waals surface area contributed by atoms with Gasteiger partial charge in [0.1, 0.15) is 0 Å². The molecule has 0 spiro atoms. The van der Waals surface area contributed by atoms with Gasteiger partial charge in [-0.15, -0.1) is 0 Å². The Morgan fingerprint density at radius 3 is 2.65 bits per heavy atom. The fraction of sp³-hybridized carbons (Fsp3) is 0.818. The number of hydrogen-bond acceptors (Lipinski definition) is 4. The van der Waals surface area contributed by atoms with Crippen LogP contribution in [0.4, 0.5) is 0 Å². The van der Waals surface area contributed by atoms with Crippen molar-refractivity contribution in [3.8, 4) is 0 Å². The molecule has 0 radical (unpaired) electrons. The van der Waals surface area contributed by atoms with Crippen LogP contribution in [0.2, 0.25) is 0 Å². The van der Waals surface area contributed by atoms with E-state index in [2.05, 4.69) is 5.32 Å². The van der Waals surface area contributed by atoms with Crippen molar-refractivity contribution >= 4 is 11.8 Å². The summed E-state index contributed by atoms with van der Waals surface area (Å²) in [5, 5.41) is 2.50. The van der Waals surface area contributed by atoms with Crippen molar-refractivity contribution in [1.82, 2.24) is 10.2 Å². The van der Waals surface area contributed by atoms with E-state index in [4.69, 9.17) is 10.5 Å². The van der Waals surface area contributed by atoms with Crippen LogP contribution in [0, 0.1) is 5.41 Å². The second kappa shape index (κ2) is 5.46. The lowest BCUT2D eigenvalue weighted by Gasteiger charge is -2.32. The third-order valence-electron chi connectivity index (χ3n) is 3.29. The molecule has 0 saturated carbocycles. The van der Waals surface area contributed by atoms with Crippen molar-refractivity contribution < 1.29 is 14.3 Å². The maximum Gasteiger partial charge on any atom is 0.239 e. The molecule has 6 nitrogen and oxygen atoms in total. The van der Waals surface area contributed by atoms with Crippen LogP contribution in [0.15, 0.2) is 0 Å². The molecule has 1 fully saturated rings. The molecule has 0 aromatic heterocycles. The summed E-state index contributed by atoms with van der Waals surface area (Å²) in [5.41, 5.74) is 5.18. The van der Waals surface area contributed by atoms with Gasteiger partial charge < -0.3 is 20.7 Å². The Kier molecular flexibility index (Phi) is 4.47. The monoisotopic (exact) mass is 243 g/mol. The molecule has 17 heavy (non-hydrogen) atoms. The number of carbonyl (C=O) groups excluding carboxylic acids is 2. The van der Waals surface area contributed by atoms with Crippen LogP contribution in [-0.4, -0.2) is 56.1 Å². The molecule has 3 N–H and O–H groups in total. The van der Waals surface area contributed by atoms with E-state index in [9.17, 15) is 9.59 Å². The minimum absolute atomic E-state index is 0.0636. The number of nitrogens with one attached hydrogen (secondary N) is 1. The number of hydrogen-bond donors (Lipinski definition) is 2. The number of rotatable bonds is 4. The lowest BCUT2D eigenvalue weighted by molar-refractivity contribution is -0.144. The summed E-state index contributed by atoms with van der Waals surface area (Å²) in [7, 11) is 1.55. The average molecular weight is 243 g/mol. The second-order valence-corrected chi connectivity index (χ2v) is 4.53. The van der Waals surface area contributed by atoms with Crippen molar-refractivity contribution in [1.29, 1.82) is 0 Å². The summed E-state index contributed by atoms with van der Waals surface area (Å²) in [5.74, 6) is -0.301. The molecule has 98 valence electrons. The van der Waals surface area contributed by atoms with E-state index in [1.54, 1.807) is 14.0 Å². The van der Waals surface area contributed by atoms with Crippen molar-refractivity contribution in [3.63, 3.8) is 0 Å². The SMILES string of the molecule is CCN(CC(=O)NC)C(=O)C1(C)COCC1N. The van der Waals surface area contributed by atoms with E-state index in [1.165, 1.54) is 4.90 Å². The van der Waals surface area contributed by atoms with Crippen molar-refractivity contribution in [2.24, 2.45) is 11.1 Å². The number of nitrogens with zero attached hydrogens (tertiary/aromatic N) is 1. The number of likely N-dealkylation sites (N-methyl/N-ethyl adjacent to an activating group) is 2. The zero-order valence-corrected chi connectivity index (χ0v) is 10.7. The number of carbonyl (C=O) groups is 2. The van der Waals surface area contributed by atoms with Gasteiger partial charge >= 0.3 is 0 Å². The highest BCUT2D eigenvalue weighted by Crippen LogP contribution is 2.29. The van der Waals surface area contributed by atoms with E-state index in [-0.39, 0.29) is 24.4 Å². The first-order valence-corrected chi connectivity index (χ1v) is 5.79. The molecule has 2 atom stereocenters. The zero-order valence-electron chi connectivity index (χ0n) is 10.7. The fourth-order valence-corrected chi connectivity index (χ4v) is 1.85. The minimum atomic E-state index is -0.718. The first kappa shape index (κ1) is 13.9. The summed E-state index contributed by atoms with van der Waals surface area (Å²) in [6, 6.07) is -0.311. The third kappa shape index (κ3) is 2.76. The van der Waals surface area contributed by atoms with E-state index >= 15 is 0 Å². The van der Waals surface area contributed by atoms with E-state index in [0.29, 0.717) is 19.8 Å². The molecular weight excluding hydrogens is 222 g/mol. The molecule has 0 aromatic rings. The Bertz CT molecular complexity index is 308. The molecule has 0 aliphatic carbocycles. The molecule has 1 aliphatic heterocycles. The zero-order chi connectivity index (χ0) is 13.1. The van der Waals surface area contributed by atoms with Crippen LogP contribution in [0.3, 0.4) is 0 Å². The molecule has 0 aromatic carbocycles. The van der Waals surface area contributed by atoms with Gasteiger partial charge in [0.05, 0.1) is 25.2 Å². The summed E-state index contributed by atoms with van der Waals surface area (Å²) in [4.78, 5) is 25.2. The highest BCUT2D eigenvalue weighted by molar-refractivity contribution is 5.88. The Morgan fingerprint density at radius 1 is 1.59 bits per heavy atom. The number of nitrogens with two attached hydrogens (primary N) is 1. The van der Waals surface area contributed by atoms with Gasteiger partial charge in [-0.25, -0.2) is 0 Å². The Labute approximate surface area is 101 Å². The van der Waals surface area contributed by atoms with Gasteiger partial charge in [0.15, 0.2) is 0 Å². The predicted molar refractivity (Wildman–Crippen MR) is 63.2 cm³/mol. The molecule has 1 rings (SSSR count). The van der Waals surface area contributed by atoms with Crippen LogP contribution < -0.4 is 11.1 Å². The van der Waals surface area contributed by atoms with Gasteiger partial charge in [-0.2, -0.15) is 0 Å². The number of amides is 2. The predicted octanol–water partition coefficient (Wildman–Crippen LogP) is -1.06. The van der Waals surface area contributed by atoms with Crippen LogP contribution in [0.1, 0.15) is 13.8 Å². The van der Waals surface area contributed by atoms with Gasteiger partial charge in [-0.3, -0.25) is 9.59 Å². The van der Waals surface area contributed by atoms with Gasteiger partial charge in [0.2, 0.25) is 11.8 Å². The molecule has 1 saturated heterocycles. The van der Waals surface area contributed by atoms with Crippen LogP contribution in [-0.2, 0) is 14.3 Å². The highest BCUT2D eigenvalue weighted by Gasteiger charge is 2.46. The van der Waals surface area contributed by atoms with Crippen LogP contribution in [0.25, 0.3) is 0 Å². The average Bonchev–Trinajstić information content (AvgIpc) is 2.66. The Balaban J connectivity index is 2.75. The summed E-state index contributed by atoms with van der Waals surface area (Å²) in [6.45, 7) is 4.88. The molecule has 6 heteroatoms. The van der Waals surface area contributed by atoms with E-state index in [0.717, 1.165) is 0 Å². The Hall–Kier alpha value is -1.14. The van der Waals surface area contributed by atoms with Gasteiger partial charge in [-0.1, -0.05) is 0 Å². The van der Waals surface area contributed by atoms with Crippen LogP contribution in [0.5, 0.6) is 0 Å². The van der Waals surface area contributed by atoms with Crippen molar-refractivity contribution in [2.75, 3.05) is 33.4 Å². The summed E-state index contributed by atoms with van der Waals surface area (Å²) in [6.07, 6.45) is 0. The van der Waals surface area contributed by atoms with Crippen molar-refractivity contribution in [3.05, 3.63) is 0 Å². The third-order valence-corrected chi connectivity index (χ3v) is 3.29. The lowest BCUT2D eigenvalue weighted by atomic mass is 9.84. The van der Waals surface area contributed by atoms with Crippen molar-refractivity contribution in [2.45, 2.75) is 19.9 Å². The van der Waals surface area contributed by atoms with Gasteiger partial charge in [-0.05, 0) is 13.8 Å². The molecule has 1 aliphatic rings. The number of ether oxygens (including phenoxy) is 1. The minimum Gasteiger partial charge on any atom is -0.379 e. The normalized spacial score (nSPS) is 27.9. The largest absolute Gasteiger partial charge is 0.379 e. The lowest BCUT2D eigenvalue weighted by Crippen LogP contribution is -2.53. The molecule has 2 amide bonds. The fourth-order valence-electron chi connectivity index (χ4n) is 1.85. The summed E-state index contributed by atoms with van der Waals surface area (Å²) < 4.78 is 5.25. The molecular formula is C11H21N3O3. The first-order chi connectivity index (χ1) is 7.95. The second-order valence-electron chi connectivity index (χ2n) is 4.53. The van der Waals surface area contributed by atoms with E-state index < -0.39 is 5.41 Å².